The lowest BCUT2D eigenvalue weighted by Crippen LogP contribution is -2.01. The number of anilines is 1. The van der Waals surface area contributed by atoms with E-state index in [9.17, 15) is 0 Å². The van der Waals surface area contributed by atoms with Crippen molar-refractivity contribution in [2.75, 3.05) is 12.4 Å². The first-order valence-electron chi connectivity index (χ1n) is 5.61. The minimum atomic E-state index is 0.534. The van der Waals surface area contributed by atoms with Crippen LogP contribution >= 0.6 is 34.8 Å². The van der Waals surface area contributed by atoms with Crippen LogP contribution in [0.25, 0.3) is 0 Å². The summed E-state index contributed by atoms with van der Waals surface area (Å²) in [6, 6.07) is 10.8. The molecule has 0 aromatic heterocycles. The van der Waals surface area contributed by atoms with Crippen molar-refractivity contribution in [2.45, 2.75) is 6.54 Å². The smallest absolute Gasteiger partial charge is 0.121 e. The molecule has 0 amide bonds. The zero-order valence-electron chi connectivity index (χ0n) is 10.2. The Hall–Kier alpha value is -1.09. The third kappa shape index (κ3) is 3.69. The van der Waals surface area contributed by atoms with Crippen molar-refractivity contribution >= 4 is 40.5 Å². The highest BCUT2D eigenvalue weighted by atomic mass is 35.5. The van der Waals surface area contributed by atoms with Crippen molar-refractivity contribution < 1.29 is 4.74 Å². The minimum Gasteiger partial charge on any atom is -0.497 e. The SMILES string of the molecule is COc1ccc(Cl)c(NCc2cc(Cl)ccc2Cl)c1. The van der Waals surface area contributed by atoms with Gasteiger partial charge in [-0.2, -0.15) is 0 Å². The summed E-state index contributed by atoms with van der Waals surface area (Å²) in [5.41, 5.74) is 1.70. The van der Waals surface area contributed by atoms with Crippen LogP contribution in [-0.2, 0) is 6.54 Å². The van der Waals surface area contributed by atoms with Crippen molar-refractivity contribution in [2.24, 2.45) is 0 Å². The summed E-state index contributed by atoms with van der Waals surface area (Å²) in [4.78, 5) is 0. The van der Waals surface area contributed by atoms with Gasteiger partial charge in [-0.25, -0.2) is 0 Å². The van der Waals surface area contributed by atoms with Crippen LogP contribution in [0.15, 0.2) is 36.4 Å². The number of rotatable bonds is 4. The number of halogens is 3. The number of methoxy groups -OCH3 is 1. The average Bonchev–Trinajstić information content (AvgIpc) is 2.41. The van der Waals surface area contributed by atoms with Crippen LogP contribution in [0.3, 0.4) is 0 Å². The lowest BCUT2D eigenvalue weighted by Gasteiger charge is -2.11. The second-order valence-corrected chi connectivity index (χ2v) is 5.19. The van der Waals surface area contributed by atoms with Crippen LogP contribution in [0.1, 0.15) is 5.56 Å². The third-order valence-electron chi connectivity index (χ3n) is 2.65. The van der Waals surface area contributed by atoms with Crippen molar-refractivity contribution in [1.82, 2.24) is 0 Å². The van der Waals surface area contributed by atoms with E-state index in [-0.39, 0.29) is 0 Å². The number of ether oxygens (including phenoxy) is 1. The Morgan fingerprint density at radius 2 is 1.74 bits per heavy atom. The zero-order chi connectivity index (χ0) is 13.8. The Kier molecular flexibility index (Phi) is 4.81. The molecule has 2 aromatic rings. The Labute approximate surface area is 127 Å². The van der Waals surface area contributed by atoms with E-state index in [1.807, 2.05) is 12.1 Å². The molecular weight excluding hydrogens is 305 g/mol. The molecule has 100 valence electrons. The normalized spacial score (nSPS) is 10.3. The third-order valence-corrected chi connectivity index (χ3v) is 3.58. The van der Waals surface area contributed by atoms with Gasteiger partial charge in [0.15, 0.2) is 0 Å². The largest absolute Gasteiger partial charge is 0.497 e. The fraction of sp³-hybridized carbons (Fsp3) is 0.143. The van der Waals surface area contributed by atoms with Crippen molar-refractivity contribution in [3.63, 3.8) is 0 Å². The predicted molar refractivity (Wildman–Crippen MR) is 81.8 cm³/mol. The quantitative estimate of drug-likeness (QED) is 0.830. The number of hydrogen-bond donors (Lipinski definition) is 1. The first-order valence-corrected chi connectivity index (χ1v) is 6.75. The van der Waals surface area contributed by atoms with Crippen LogP contribution in [0.4, 0.5) is 5.69 Å². The molecule has 0 aliphatic carbocycles. The first-order chi connectivity index (χ1) is 9.10. The number of hydrogen-bond acceptors (Lipinski definition) is 2. The summed E-state index contributed by atoms with van der Waals surface area (Å²) < 4.78 is 5.16. The van der Waals surface area contributed by atoms with E-state index >= 15 is 0 Å². The monoisotopic (exact) mass is 315 g/mol. The van der Waals surface area contributed by atoms with Gasteiger partial charge in [-0.3, -0.25) is 0 Å². The number of nitrogens with one attached hydrogen (secondary N) is 1. The van der Waals surface area contributed by atoms with E-state index in [1.165, 1.54) is 0 Å². The second-order valence-electron chi connectivity index (χ2n) is 3.94. The van der Waals surface area contributed by atoms with Crippen molar-refractivity contribution in [1.29, 1.82) is 0 Å². The van der Waals surface area contributed by atoms with Gasteiger partial charge >= 0.3 is 0 Å². The average molecular weight is 317 g/mol. The summed E-state index contributed by atoms with van der Waals surface area (Å²) in [5.74, 6) is 0.740. The van der Waals surface area contributed by atoms with Crippen LogP contribution in [0.2, 0.25) is 15.1 Å². The molecule has 1 N–H and O–H groups in total. The Balaban J connectivity index is 2.16. The summed E-state index contributed by atoms with van der Waals surface area (Å²) >= 11 is 18.2. The predicted octanol–water partition coefficient (Wildman–Crippen LogP) is 5.27. The molecule has 0 atom stereocenters. The van der Waals surface area contributed by atoms with E-state index in [2.05, 4.69) is 5.32 Å². The fourth-order valence-corrected chi connectivity index (χ4v) is 2.20. The maximum atomic E-state index is 6.11. The molecule has 0 aliphatic rings. The molecule has 0 radical (unpaired) electrons. The molecule has 2 rings (SSSR count). The van der Waals surface area contributed by atoms with E-state index in [0.717, 1.165) is 17.0 Å². The number of benzene rings is 2. The van der Waals surface area contributed by atoms with Crippen LogP contribution in [0, 0.1) is 0 Å². The second kappa shape index (κ2) is 6.38. The molecule has 2 nitrogen and oxygen atoms in total. The van der Waals surface area contributed by atoms with Gasteiger partial charge in [-0.05, 0) is 35.9 Å². The Morgan fingerprint density at radius 3 is 2.47 bits per heavy atom. The van der Waals surface area contributed by atoms with Gasteiger partial charge < -0.3 is 10.1 Å². The highest BCUT2D eigenvalue weighted by Gasteiger charge is 2.05. The van der Waals surface area contributed by atoms with Crippen LogP contribution < -0.4 is 10.1 Å². The minimum absolute atomic E-state index is 0.534. The van der Waals surface area contributed by atoms with Crippen LogP contribution in [0.5, 0.6) is 5.75 Å². The highest BCUT2D eigenvalue weighted by Crippen LogP contribution is 2.28. The molecule has 0 aliphatic heterocycles. The topological polar surface area (TPSA) is 21.3 Å². The molecule has 2 aromatic carbocycles. The van der Waals surface area contributed by atoms with E-state index in [1.54, 1.807) is 31.4 Å². The van der Waals surface area contributed by atoms with Crippen LogP contribution in [-0.4, -0.2) is 7.11 Å². The summed E-state index contributed by atoms with van der Waals surface area (Å²) in [6.07, 6.45) is 0. The molecule has 0 bridgehead atoms. The molecule has 0 heterocycles. The van der Waals surface area contributed by atoms with E-state index in [0.29, 0.717) is 21.6 Å². The fourth-order valence-electron chi connectivity index (χ4n) is 1.64. The van der Waals surface area contributed by atoms with Gasteiger partial charge in [-0.1, -0.05) is 34.8 Å². The Morgan fingerprint density at radius 1 is 1.00 bits per heavy atom. The molecule has 5 heteroatoms. The summed E-state index contributed by atoms with van der Waals surface area (Å²) in [5, 5.41) is 5.15. The van der Waals surface area contributed by atoms with Gasteiger partial charge in [0.05, 0.1) is 17.8 Å². The summed E-state index contributed by atoms with van der Waals surface area (Å²) in [7, 11) is 1.61. The standard InChI is InChI=1S/C14H12Cl3NO/c1-19-11-3-5-13(17)14(7-11)18-8-9-6-10(15)2-4-12(9)16/h2-7,18H,8H2,1H3. The van der Waals surface area contributed by atoms with Gasteiger partial charge in [0, 0.05) is 22.7 Å². The van der Waals surface area contributed by atoms with Crippen molar-refractivity contribution in [3.8, 4) is 5.75 Å². The molecule has 0 unspecified atom stereocenters. The summed E-state index contributed by atoms with van der Waals surface area (Å²) in [6.45, 7) is 0.534. The lowest BCUT2D eigenvalue weighted by atomic mass is 10.2. The Bertz CT molecular complexity index is 587. The van der Waals surface area contributed by atoms with Crippen molar-refractivity contribution in [3.05, 3.63) is 57.0 Å². The molecule has 0 saturated carbocycles. The van der Waals surface area contributed by atoms with Gasteiger partial charge in [0.2, 0.25) is 0 Å². The maximum absolute atomic E-state index is 6.11. The molecule has 0 saturated heterocycles. The first kappa shape index (κ1) is 14.3. The molecule has 0 fully saturated rings. The molecular formula is C14H12Cl3NO. The maximum Gasteiger partial charge on any atom is 0.121 e. The molecule has 0 spiro atoms. The van der Waals surface area contributed by atoms with Gasteiger partial charge in [0.1, 0.15) is 5.75 Å². The van der Waals surface area contributed by atoms with E-state index in [4.69, 9.17) is 39.5 Å². The lowest BCUT2D eigenvalue weighted by molar-refractivity contribution is 0.415. The molecule has 19 heavy (non-hydrogen) atoms. The van der Waals surface area contributed by atoms with Gasteiger partial charge in [0.25, 0.3) is 0 Å². The van der Waals surface area contributed by atoms with Gasteiger partial charge in [-0.15, -0.1) is 0 Å². The van der Waals surface area contributed by atoms with E-state index < -0.39 is 0 Å². The highest BCUT2D eigenvalue weighted by molar-refractivity contribution is 6.34. The zero-order valence-corrected chi connectivity index (χ0v) is 12.5.